The predicted octanol–water partition coefficient (Wildman–Crippen LogP) is 2.85. The van der Waals surface area contributed by atoms with Gasteiger partial charge in [0.1, 0.15) is 0 Å². The van der Waals surface area contributed by atoms with Gasteiger partial charge in [0, 0.05) is 11.6 Å². The highest BCUT2D eigenvalue weighted by Crippen LogP contribution is 2.54. The summed E-state index contributed by atoms with van der Waals surface area (Å²) in [5.74, 6) is 1.08. The van der Waals surface area contributed by atoms with E-state index in [1.165, 1.54) is 57.8 Å². The minimum Gasteiger partial charge on any atom is -0.308 e. The van der Waals surface area contributed by atoms with Crippen LogP contribution in [-0.2, 0) is 0 Å². The summed E-state index contributed by atoms with van der Waals surface area (Å²) in [6.45, 7) is 0. The van der Waals surface area contributed by atoms with Crippen molar-refractivity contribution < 1.29 is 0 Å². The summed E-state index contributed by atoms with van der Waals surface area (Å²) in [4.78, 5) is 0. The standard InChI is InChI=1S/C12H21N/c1-2-4-11(5-3-1)13-12(8-9-12)10-6-7-10/h10-11,13H,1-9H2. The van der Waals surface area contributed by atoms with Gasteiger partial charge in [0.15, 0.2) is 0 Å². The van der Waals surface area contributed by atoms with Gasteiger partial charge in [-0.15, -0.1) is 0 Å². The lowest BCUT2D eigenvalue weighted by Gasteiger charge is -2.28. The first-order valence-electron chi connectivity index (χ1n) is 6.17. The van der Waals surface area contributed by atoms with E-state index in [1.54, 1.807) is 0 Å². The monoisotopic (exact) mass is 179 g/mol. The topological polar surface area (TPSA) is 12.0 Å². The Hall–Kier alpha value is -0.0400. The highest BCUT2D eigenvalue weighted by Gasteiger charge is 2.54. The van der Waals surface area contributed by atoms with Gasteiger partial charge in [-0.3, -0.25) is 0 Å². The SMILES string of the molecule is C1CCC(NC2(C3CC3)CC2)CC1. The minimum absolute atomic E-state index is 0.669. The van der Waals surface area contributed by atoms with Crippen LogP contribution >= 0.6 is 0 Å². The van der Waals surface area contributed by atoms with Gasteiger partial charge in [-0.2, -0.15) is 0 Å². The molecule has 3 saturated carbocycles. The molecule has 0 spiro atoms. The molecule has 3 aliphatic carbocycles. The van der Waals surface area contributed by atoms with Crippen LogP contribution in [0.25, 0.3) is 0 Å². The van der Waals surface area contributed by atoms with Gasteiger partial charge >= 0.3 is 0 Å². The van der Waals surface area contributed by atoms with Crippen LogP contribution in [0.2, 0.25) is 0 Å². The summed E-state index contributed by atoms with van der Waals surface area (Å²) < 4.78 is 0. The first kappa shape index (κ1) is 8.28. The largest absolute Gasteiger partial charge is 0.308 e. The molecule has 0 aromatic rings. The summed E-state index contributed by atoms with van der Waals surface area (Å²) in [5.41, 5.74) is 0.669. The van der Waals surface area contributed by atoms with Crippen molar-refractivity contribution in [2.24, 2.45) is 5.92 Å². The van der Waals surface area contributed by atoms with E-state index >= 15 is 0 Å². The van der Waals surface area contributed by atoms with Crippen molar-refractivity contribution in [3.05, 3.63) is 0 Å². The number of rotatable bonds is 3. The fourth-order valence-electron chi connectivity index (χ4n) is 3.09. The summed E-state index contributed by atoms with van der Waals surface area (Å²) in [7, 11) is 0. The molecule has 1 nitrogen and oxygen atoms in total. The lowest BCUT2D eigenvalue weighted by molar-refractivity contribution is 0.307. The van der Waals surface area contributed by atoms with Crippen LogP contribution in [-0.4, -0.2) is 11.6 Å². The van der Waals surface area contributed by atoms with Crippen LogP contribution in [0.5, 0.6) is 0 Å². The van der Waals surface area contributed by atoms with E-state index in [9.17, 15) is 0 Å². The molecule has 0 radical (unpaired) electrons. The smallest absolute Gasteiger partial charge is 0.0213 e. The van der Waals surface area contributed by atoms with Crippen molar-refractivity contribution in [3.8, 4) is 0 Å². The van der Waals surface area contributed by atoms with E-state index < -0.39 is 0 Å². The molecule has 0 bridgehead atoms. The normalized spacial score (nSPS) is 33.2. The molecule has 1 N–H and O–H groups in total. The Morgan fingerprint density at radius 2 is 1.54 bits per heavy atom. The first-order chi connectivity index (χ1) is 6.39. The highest BCUT2D eigenvalue weighted by atomic mass is 15.1. The van der Waals surface area contributed by atoms with Gasteiger partial charge < -0.3 is 5.32 Å². The molecule has 0 aliphatic heterocycles. The van der Waals surface area contributed by atoms with Crippen molar-refractivity contribution in [2.45, 2.75) is 69.4 Å². The Balaban J connectivity index is 1.55. The highest BCUT2D eigenvalue weighted by molar-refractivity contribution is 5.12. The number of nitrogens with one attached hydrogen (secondary N) is 1. The van der Waals surface area contributed by atoms with Gasteiger partial charge in [-0.25, -0.2) is 0 Å². The maximum Gasteiger partial charge on any atom is 0.0213 e. The molecular weight excluding hydrogens is 158 g/mol. The van der Waals surface area contributed by atoms with Gasteiger partial charge in [0.2, 0.25) is 0 Å². The molecule has 3 rings (SSSR count). The zero-order valence-corrected chi connectivity index (χ0v) is 8.52. The average molecular weight is 179 g/mol. The third-order valence-electron chi connectivity index (χ3n) is 4.24. The molecule has 74 valence electrons. The first-order valence-corrected chi connectivity index (χ1v) is 6.17. The predicted molar refractivity (Wildman–Crippen MR) is 54.7 cm³/mol. The van der Waals surface area contributed by atoms with E-state index in [4.69, 9.17) is 0 Å². The Kier molecular flexibility index (Phi) is 1.90. The van der Waals surface area contributed by atoms with Crippen LogP contribution in [0.4, 0.5) is 0 Å². The zero-order valence-electron chi connectivity index (χ0n) is 8.52. The zero-order chi connectivity index (χ0) is 8.73. The number of hydrogen-bond acceptors (Lipinski definition) is 1. The Morgan fingerprint density at radius 3 is 2.08 bits per heavy atom. The Labute approximate surface area is 81.3 Å². The van der Waals surface area contributed by atoms with Gasteiger partial charge in [0.25, 0.3) is 0 Å². The molecule has 0 saturated heterocycles. The van der Waals surface area contributed by atoms with Gasteiger partial charge in [-0.05, 0) is 44.4 Å². The molecule has 0 aromatic carbocycles. The molecule has 0 heterocycles. The van der Waals surface area contributed by atoms with E-state index in [0.717, 1.165) is 12.0 Å². The van der Waals surface area contributed by atoms with Crippen LogP contribution in [0.15, 0.2) is 0 Å². The van der Waals surface area contributed by atoms with Crippen molar-refractivity contribution in [3.63, 3.8) is 0 Å². The van der Waals surface area contributed by atoms with Gasteiger partial charge in [0.05, 0.1) is 0 Å². The molecule has 0 aromatic heterocycles. The maximum absolute atomic E-state index is 3.97. The number of hydrogen-bond donors (Lipinski definition) is 1. The van der Waals surface area contributed by atoms with Crippen LogP contribution < -0.4 is 5.32 Å². The van der Waals surface area contributed by atoms with Gasteiger partial charge in [-0.1, -0.05) is 19.3 Å². The minimum atomic E-state index is 0.669. The van der Waals surface area contributed by atoms with Crippen LogP contribution in [0.1, 0.15) is 57.8 Å². The quantitative estimate of drug-likeness (QED) is 0.702. The summed E-state index contributed by atoms with van der Waals surface area (Å²) in [6, 6.07) is 0.886. The summed E-state index contributed by atoms with van der Waals surface area (Å²) in [6.07, 6.45) is 13.3. The van der Waals surface area contributed by atoms with Crippen molar-refractivity contribution in [1.82, 2.24) is 5.32 Å². The fourth-order valence-corrected chi connectivity index (χ4v) is 3.09. The van der Waals surface area contributed by atoms with Crippen LogP contribution in [0, 0.1) is 5.92 Å². The Bertz CT molecular complexity index is 185. The lowest BCUT2D eigenvalue weighted by Crippen LogP contribution is -2.42. The molecule has 0 unspecified atom stereocenters. The van der Waals surface area contributed by atoms with E-state index in [1.807, 2.05) is 0 Å². The molecule has 0 atom stereocenters. The molecule has 0 amide bonds. The third-order valence-corrected chi connectivity index (χ3v) is 4.24. The van der Waals surface area contributed by atoms with E-state index in [-0.39, 0.29) is 0 Å². The Morgan fingerprint density at radius 1 is 0.846 bits per heavy atom. The molecule has 3 fully saturated rings. The third kappa shape index (κ3) is 1.63. The van der Waals surface area contributed by atoms with E-state index in [0.29, 0.717) is 5.54 Å². The van der Waals surface area contributed by atoms with Crippen molar-refractivity contribution in [2.75, 3.05) is 0 Å². The molecular formula is C12H21N. The summed E-state index contributed by atoms with van der Waals surface area (Å²) in [5, 5.41) is 3.97. The van der Waals surface area contributed by atoms with Crippen molar-refractivity contribution >= 4 is 0 Å². The second kappa shape index (κ2) is 2.98. The lowest BCUT2D eigenvalue weighted by atomic mass is 9.94. The maximum atomic E-state index is 3.97. The second-order valence-corrected chi connectivity index (χ2v) is 5.41. The van der Waals surface area contributed by atoms with Crippen LogP contribution in [0.3, 0.4) is 0 Å². The summed E-state index contributed by atoms with van der Waals surface area (Å²) >= 11 is 0. The second-order valence-electron chi connectivity index (χ2n) is 5.41. The average Bonchev–Trinajstić information content (AvgIpc) is 3.00. The van der Waals surface area contributed by atoms with E-state index in [2.05, 4.69) is 5.32 Å². The molecule has 13 heavy (non-hydrogen) atoms. The molecule has 1 heteroatoms. The fraction of sp³-hybridized carbons (Fsp3) is 1.00. The van der Waals surface area contributed by atoms with Crippen molar-refractivity contribution in [1.29, 1.82) is 0 Å². The molecule has 3 aliphatic rings.